The third-order valence-corrected chi connectivity index (χ3v) is 2.65. The molecule has 0 spiro atoms. The molecule has 1 unspecified atom stereocenters. The zero-order chi connectivity index (χ0) is 10.7. The first-order valence-electron chi connectivity index (χ1n) is 5.05. The van der Waals surface area contributed by atoms with Gasteiger partial charge in [-0.25, -0.2) is 0 Å². The number of ether oxygens (including phenoxy) is 2. The van der Waals surface area contributed by atoms with E-state index >= 15 is 0 Å². The highest BCUT2D eigenvalue weighted by Crippen LogP contribution is 2.35. The van der Waals surface area contributed by atoms with Crippen molar-refractivity contribution in [3.05, 3.63) is 23.8 Å². The standard InChI is InChI=1S/C12H13NO2/c1-14-10-4-5-11-9(8-13)3-2-6-15-12(11)7-10/h4-5,7,9H,2-3,6H2,1H3. The molecule has 0 amide bonds. The smallest absolute Gasteiger partial charge is 0.127 e. The van der Waals surface area contributed by atoms with Crippen molar-refractivity contribution in [1.29, 1.82) is 5.26 Å². The Labute approximate surface area is 89.2 Å². The number of fused-ring (bicyclic) bond motifs is 1. The third kappa shape index (κ3) is 1.89. The van der Waals surface area contributed by atoms with Gasteiger partial charge in [-0.2, -0.15) is 5.26 Å². The zero-order valence-corrected chi connectivity index (χ0v) is 8.69. The molecule has 1 heterocycles. The van der Waals surface area contributed by atoms with E-state index in [0.29, 0.717) is 6.61 Å². The van der Waals surface area contributed by atoms with Crippen molar-refractivity contribution in [2.75, 3.05) is 13.7 Å². The Morgan fingerprint density at radius 1 is 1.53 bits per heavy atom. The Bertz CT molecular complexity index is 395. The molecule has 3 heteroatoms. The fourth-order valence-electron chi connectivity index (χ4n) is 1.81. The quantitative estimate of drug-likeness (QED) is 0.704. The second-order valence-electron chi connectivity index (χ2n) is 3.58. The molecule has 0 radical (unpaired) electrons. The summed E-state index contributed by atoms with van der Waals surface area (Å²) in [6.07, 6.45) is 1.80. The minimum Gasteiger partial charge on any atom is -0.497 e. The summed E-state index contributed by atoms with van der Waals surface area (Å²) in [6.45, 7) is 0.679. The van der Waals surface area contributed by atoms with Gasteiger partial charge in [-0.05, 0) is 18.9 Å². The Kier molecular flexibility index (Phi) is 2.77. The maximum atomic E-state index is 9.05. The predicted octanol–water partition coefficient (Wildman–Crippen LogP) is 2.47. The lowest BCUT2D eigenvalue weighted by Gasteiger charge is -2.10. The molecule has 0 fully saturated rings. The van der Waals surface area contributed by atoms with Crippen molar-refractivity contribution in [2.24, 2.45) is 0 Å². The van der Waals surface area contributed by atoms with Gasteiger partial charge in [0.1, 0.15) is 11.5 Å². The van der Waals surface area contributed by atoms with Crippen LogP contribution in [0, 0.1) is 11.3 Å². The van der Waals surface area contributed by atoms with Crippen LogP contribution in [0.5, 0.6) is 11.5 Å². The topological polar surface area (TPSA) is 42.2 Å². The molecule has 0 saturated heterocycles. The van der Waals surface area contributed by atoms with Gasteiger partial charge in [-0.15, -0.1) is 0 Å². The average molecular weight is 203 g/mol. The highest BCUT2D eigenvalue weighted by atomic mass is 16.5. The second kappa shape index (κ2) is 4.22. The van der Waals surface area contributed by atoms with E-state index in [-0.39, 0.29) is 5.92 Å². The number of nitrogens with zero attached hydrogens (tertiary/aromatic N) is 1. The fraction of sp³-hybridized carbons (Fsp3) is 0.417. The first kappa shape index (κ1) is 9.85. The molecule has 0 saturated carbocycles. The Morgan fingerprint density at radius 3 is 3.13 bits per heavy atom. The highest BCUT2D eigenvalue weighted by molar-refractivity contribution is 5.45. The van der Waals surface area contributed by atoms with Crippen LogP contribution < -0.4 is 9.47 Å². The Morgan fingerprint density at radius 2 is 2.40 bits per heavy atom. The zero-order valence-electron chi connectivity index (χ0n) is 8.69. The molecule has 0 aromatic heterocycles. The molecule has 1 atom stereocenters. The monoisotopic (exact) mass is 203 g/mol. The predicted molar refractivity (Wildman–Crippen MR) is 56.1 cm³/mol. The van der Waals surface area contributed by atoms with Crippen molar-refractivity contribution in [3.8, 4) is 17.6 Å². The molecule has 2 rings (SSSR count). The van der Waals surface area contributed by atoms with E-state index in [1.54, 1.807) is 7.11 Å². The molecule has 0 N–H and O–H groups in total. The van der Waals surface area contributed by atoms with Crippen LogP contribution in [-0.2, 0) is 0 Å². The summed E-state index contributed by atoms with van der Waals surface area (Å²) in [6, 6.07) is 7.97. The van der Waals surface area contributed by atoms with Crippen molar-refractivity contribution in [1.82, 2.24) is 0 Å². The van der Waals surface area contributed by atoms with E-state index in [1.807, 2.05) is 18.2 Å². The molecule has 3 nitrogen and oxygen atoms in total. The van der Waals surface area contributed by atoms with Crippen LogP contribution in [-0.4, -0.2) is 13.7 Å². The van der Waals surface area contributed by atoms with Crippen LogP contribution in [0.1, 0.15) is 24.3 Å². The molecule has 1 aliphatic rings. The molecule has 0 aliphatic carbocycles. The van der Waals surface area contributed by atoms with Crippen LogP contribution in [0.2, 0.25) is 0 Å². The van der Waals surface area contributed by atoms with Gasteiger partial charge < -0.3 is 9.47 Å². The van der Waals surface area contributed by atoms with E-state index < -0.39 is 0 Å². The van der Waals surface area contributed by atoms with Crippen LogP contribution in [0.3, 0.4) is 0 Å². The van der Waals surface area contributed by atoms with Crippen LogP contribution >= 0.6 is 0 Å². The summed E-state index contributed by atoms with van der Waals surface area (Å²) in [4.78, 5) is 0. The normalized spacial score (nSPS) is 19.3. The Balaban J connectivity index is 2.42. The van der Waals surface area contributed by atoms with Crippen LogP contribution in [0.4, 0.5) is 0 Å². The first-order chi connectivity index (χ1) is 7.35. The average Bonchev–Trinajstić information content (AvgIpc) is 2.49. The van der Waals surface area contributed by atoms with Crippen molar-refractivity contribution in [2.45, 2.75) is 18.8 Å². The lowest BCUT2D eigenvalue weighted by atomic mass is 9.96. The van der Waals surface area contributed by atoms with Gasteiger partial charge in [-0.3, -0.25) is 0 Å². The van der Waals surface area contributed by atoms with E-state index in [2.05, 4.69) is 6.07 Å². The Hall–Kier alpha value is -1.69. The largest absolute Gasteiger partial charge is 0.497 e. The highest BCUT2D eigenvalue weighted by Gasteiger charge is 2.19. The molecule has 78 valence electrons. The lowest BCUT2D eigenvalue weighted by Crippen LogP contribution is -1.96. The molecule has 1 aliphatic heterocycles. The minimum absolute atomic E-state index is 0.0478. The summed E-state index contributed by atoms with van der Waals surface area (Å²) < 4.78 is 10.7. The molecule has 0 bridgehead atoms. The maximum absolute atomic E-state index is 9.05. The summed E-state index contributed by atoms with van der Waals surface area (Å²) >= 11 is 0. The summed E-state index contributed by atoms with van der Waals surface area (Å²) in [5.74, 6) is 1.51. The van der Waals surface area contributed by atoms with E-state index in [1.165, 1.54) is 0 Å². The number of rotatable bonds is 1. The number of nitriles is 1. The van der Waals surface area contributed by atoms with E-state index in [4.69, 9.17) is 14.7 Å². The second-order valence-corrected chi connectivity index (χ2v) is 3.58. The molecule has 1 aromatic carbocycles. The van der Waals surface area contributed by atoms with Crippen molar-refractivity contribution >= 4 is 0 Å². The summed E-state index contributed by atoms with van der Waals surface area (Å²) in [5.41, 5.74) is 0.982. The van der Waals surface area contributed by atoms with Gasteiger partial charge in [0.05, 0.1) is 25.7 Å². The lowest BCUT2D eigenvalue weighted by molar-refractivity contribution is 0.314. The minimum atomic E-state index is -0.0478. The molecule has 1 aromatic rings. The van der Waals surface area contributed by atoms with Gasteiger partial charge in [0.2, 0.25) is 0 Å². The maximum Gasteiger partial charge on any atom is 0.127 e. The summed E-state index contributed by atoms with van der Waals surface area (Å²) in [7, 11) is 1.63. The van der Waals surface area contributed by atoms with E-state index in [9.17, 15) is 0 Å². The van der Waals surface area contributed by atoms with Gasteiger partial charge in [-0.1, -0.05) is 6.07 Å². The summed E-state index contributed by atoms with van der Waals surface area (Å²) in [5, 5.41) is 9.05. The van der Waals surface area contributed by atoms with Gasteiger partial charge in [0.25, 0.3) is 0 Å². The molecular weight excluding hydrogens is 190 g/mol. The third-order valence-electron chi connectivity index (χ3n) is 2.65. The van der Waals surface area contributed by atoms with E-state index in [0.717, 1.165) is 29.9 Å². The number of hydrogen-bond donors (Lipinski definition) is 0. The number of methoxy groups -OCH3 is 1. The van der Waals surface area contributed by atoms with Crippen LogP contribution in [0.15, 0.2) is 18.2 Å². The first-order valence-corrected chi connectivity index (χ1v) is 5.05. The van der Waals surface area contributed by atoms with Crippen molar-refractivity contribution < 1.29 is 9.47 Å². The fourth-order valence-corrected chi connectivity index (χ4v) is 1.81. The number of hydrogen-bond acceptors (Lipinski definition) is 3. The number of benzene rings is 1. The molecule has 15 heavy (non-hydrogen) atoms. The van der Waals surface area contributed by atoms with Gasteiger partial charge in [0, 0.05) is 11.6 Å². The van der Waals surface area contributed by atoms with Crippen molar-refractivity contribution in [3.63, 3.8) is 0 Å². The molecular formula is C12H13NO2. The van der Waals surface area contributed by atoms with Gasteiger partial charge in [0.15, 0.2) is 0 Å². The van der Waals surface area contributed by atoms with Crippen LogP contribution in [0.25, 0.3) is 0 Å². The van der Waals surface area contributed by atoms with Gasteiger partial charge >= 0.3 is 0 Å². The SMILES string of the molecule is COc1ccc2c(c1)OCCCC2C#N.